The largest absolute Gasteiger partial charge is 0.394 e. The molecule has 1 aliphatic heterocycles. The van der Waals surface area contributed by atoms with Crippen LogP contribution in [0.1, 0.15) is 13.2 Å². The maximum absolute atomic E-state index is 12.0. The van der Waals surface area contributed by atoms with Crippen LogP contribution in [-0.4, -0.2) is 66.3 Å². The van der Waals surface area contributed by atoms with Gasteiger partial charge in [0.05, 0.1) is 12.9 Å². The summed E-state index contributed by atoms with van der Waals surface area (Å²) >= 11 is 0. The SMILES string of the molecule is CCNc1nc2c(ncn2C2OC(CO)C(O)C2O)c(=O)[nH]1. The van der Waals surface area contributed by atoms with Crippen LogP contribution in [0, 0.1) is 0 Å². The normalized spacial score (nSPS) is 28.4. The first-order valence-electron chi connectivity index (χ1n) is 6.90. The lowest BCUT2D eigenvalue weighted by molar-refractivity contribution is -0.0511. The Labute approximate surface area is 124 Å². The van der Waals surface area contributed by atoms with Gasteiger partial charge < -0.3 is 25.4 Å². The maximum atomic E-state index is 12.0. The Hall–Kier alpha value is -2.01. The third-order valence-corrected chi connectivity index (χ3v) is 3.57. The fraction of sp³-hybridized carbons (Fsp3) is 0.583. The fourth-order valence-electron chi connectivity index (χ4n) is 2.47. The Morgan fingerprint density at radius 3 is 2.86 bits per heavy atom. The number of aliphatic hydroxyl groups is 3. The molecule has 1 aliphatic rings. The zero-order valence-electron chi connectivity index (χ0n) is 11.8. The smallest absolute Gasteiger partial charge is 0.280 e. The molecular formula is C12H17N5O5. The average Bonchev–Trinajstić information content (AvgIpc) is 3.03. The van der Waals surface area contributed by atoms with Crippen molar-refractivity contribution in [1.82, 2.24) is 19.5 Å². The minimum atomic E-state index is -1.27. The van der Waals surface area contributed by atoms with Crippen molar-refractivity contribution in [3.8, 4) is 0 Å². The molecule has 3 rings (SSSR count). The van der Waals surface area contributed by atoms with Crippen LogP contribution in [0.4, 0.5) is 5.95 Å². The summed E-state index contributed by atoms with van der Waals surface area (Å²) in [7, 11) is 0. The molecule has 4 unspecified atom stereocenters. The summed E-state index contributed by atoms with van der Waals surface area (Å²) in [5.41, 5.74) is -0.111. The van der Waals surface area contributed by atoms with Crippen LogP contribution in [0.2, 0.25) is 0 Å². The first-order chi connectivity index (χ1) is 10.6. The summed E-state index contributed by atoms with van der Waals surface area (Å²) in [6, 6.07) is 0. The molecule has 120 valence electrons. The number of aromatic amines is 1. The van der Waals surface area contributed by atoms with E-state index in [0.717, 1.165) is 0 Å². The lowest BCUT2D eigenvalue weighted by Gasteiger charge is -2.16. The highest BCUT2D eigenvalue weighted by molar-refractivity contribution is 5.70. The first kappa shape index (κ1) is 14.9. The number of aliphatic hydroxyl groups excluding tert-OH is 3. The van der Waals surface area contributed by atoms with E-state index in [1.165, 1.54) is 10.9 Å². The van der Waals surface area contributed by atoms with Gasteiger partial charge in [0, 0.05) is 6.54 Å². The zero-order chi connectivity index (χ0) is 15.9. The highest BCUT2D eigenvalue weighted by atomic mass is 16.6. The molecule has 4 atom stereocenters. The molecule has 3 heterocycles. The molecule has 10 heteroatoms. The molecule has 0 amide bonds. The molecule has 1 fully saturated rings. The Morgan fingerprint density at radius 1 is 1.45 bits per heavy atom. The molecule has 0 saturated carbocycles. The van der Waals surface area contributed by atoms with Crippen molar-refractivity contribution in [2.24, 2.45) is 0 Å². The van der Waals surface area contributed by atoms with Gasteiger partial charge in [0.1, 0.15) is 18.3 Å². The second-order valence-electron chi connectivity index (χ2n) is 5.00. The lowest BCUT2D eigenvalue weighted by atomic mass is 10.1. The van der Waals surface area contributed by atoms with Crippen LogP contribution in [0.3, 0.4) is 0 Å². The van der Waals surface area contributed by atoms with E-state index in [9.17, 15) is 15.0 Å². The molecule has 22 heavy (non-hydrogen) atoms. The lowest BCUT2D eigenvalue weighted by Crippen LogP contribution is -2.33. The molecule has 0 aliphatic carbocycles. The van der Waals surface area contributed by atoms with Crippen molar-refractivity contribution in [3.05, 3.63) is 16.7 Å². The third-order valence-electron chi connectivity index (χ3n) is 3.57. The minimum absolute atomic E-state index is 0.0967. The van der Waals surface area contributed by atoms with E-state index < -0.39 is 36.7 Å². The van der Waals surface area contributed by atoms with Crippen molar-refractivity contribution in [2.75, 3.05) is 18.5 Å². The molecular weight excluding hydrogens is 294 g/mol. The second kappa shape index (κ2) is 5.65. The van der Waals surface area contributed by atoms with Crippen molar-refractivity contribution in [1.29, 1.82) is 0 Å². The van der Waals surface area contributed by atoms with E-state index >= 15 is 0 Å². The van der Waals surface area contributed by atoms with Gasteiger partial charge in [-0.15, -0.1) is 0 Å². The van der Waals surface area contributed by atoms with E-state index in [1.807, 2.05) is 6.92 Å². The summed E-state index contributed by atoms with van der Waals surface area (Å²) in [5, 5.41) is 31.9. The van der Waals surface area contributed by atoms with E-state index in [1.54, 1.807) is 0 Å². The van der Waals surface area contributed by atoms with E-state index in [0.29, 0.717) is 6.54 Å². The number of anilines is 1. The predicted molar refractivity (Wildman–Crippen MR) is 75.3 cm³/mol. The molecule has 10 nitrogen and oxygen atoms in total. The van der Waals surface area contributed by atoms with Gasteiger partial charge in [-0.1, -0.05) is 0 Å². The average molecular weight is 311 g/mol. The van der Waals surface area contributed by atoms with Crippen molar-refractivity contribution in [3.63, 3.8) is 0 Å². The fourth-order valence-corrected chi connectivity index (χ4v) is 2.47. The van der Waals surface area contributed by atoms with Gasteiger partial charge in [-0.3, -0.25) is 14.3 Å². The number of hydrogen-bond acceptors (Lipinski definition) is 8. The zero-order valence-corrected chi connectivity index (χ0v) is 11.8. The number of ether oxygens (including phenoxy) is 1. The highest BCUT2D eigenvalue weighted by Crippen LogP contribution is 2.30. The number of aromatic nitrogens is 4. The minimum Gasteiger partial charge on any atom is -0.394 e. The molecule has 1 saturated heterocycles. The molecule has 2 aromatic rings. The summed E-state index contributed by atoms with van der Waals surface area (Å²) in [6.07, 6.45) is -3.09. The number of rotatable bonds is 4. The monoisotopic (exact) mass is 311 g/mol. The number of H-pyrrole nitrogens is 1. The van der Waals surface area contributed by atoms with Gasteiger partial charge in [-0.05, 0) is 6.92 Å². The summed E-state index contributed by atoms with van der Waals surface area (Å²) in [6.45, 7) is 1.99. The van der Waals surface area contributed by atoms with Gasteiger partial charge >= 0.3 is 0 Å². The van der Waals surface area contributed by atoms with Gasteiger partial charge in [-0.25, -0.2) is 4.98 Å². The second-order valence-corrected chi connectivity index (χ2v) is 5.00. The number of nitrogens with one attached hydrogen (secondary N) is 2. The van der Waals surface area contributed by atoms with Gasteiger partial charge in [0.2, 0.25) is 5.95 Å². The number of hydrogen-bond donors (Lipinski definition) is 5. The van der Waals surface area contributed by atoms with Crippen LogP contribution in [0.5, 0.6) is 0 Å². The van der Waals surface area contributed by atoms with Crippen LogP contribution in [-0.2, 0) is 4.74 Å². The predicted octanol–water partition coefficient (Wildman–Crippen LogP) is -1.84. The standard InChI is InChI=1S/C12H17N5O5/c1-2-13-12-15-9-6(10(21)16-12)14-4-17(9)11-8(20)7(19)5(3-18)22-11/h4-5,7-8,11,18-20H,2-3H2,1H3,(H2,13,15,16,21). The molecule has 0 bridgehead atoms. The Morgan fingerprint density at radius 2 is 2.23 bits per heavy atom. The van der Waals surface area contributed by atoms with Crippen LogP contribution < -0.4 is 10.9 Å². The Balaban J connectivity index is 2.06. The number of nitrogens with zero attached hydrogens (tertiary/aromatic N) is 3. The quantitative estimate of drug-likeness (QED) is 0.443. The molecule has 0 spiro atoms. The molecule has 0 aromatic carbocycles. The number of fused-ring (bicyclic) bond motifs is 1. The number of imidazole rings is 1. The van der Waals surface area contributed by atoms with Crippen LogP contribution in [0.25, 0.3) is 11.2 Å². The van der Waals surface area contributed by atoms with Gasteiger partial charge in [0.25, 0.3) is 5.56 Å². The molecule has 0 radical (unpaired) electrons. The molecule has 5 N–H and O–H groups in total. The Kier molecular flexibility index (Phi) is 3.83. The van der Waals surface area contributed by atoms with Crippen LogP contribution in [0.15, 0.2) is 11.1 Å². The summed E-state index contributed by atoms with van der Waals surface area (Å²) in [4.78, 5) is 22.7. The van der Waals surface area contributed by atoms with Gasteiger partial charge in [-0.2, -0.15) is 4.98 Å². The Bertz CT molecular complexity index is 728. The van der Waals surface area contributed by atoms with E-state index in [2.05, 4.69) is 20.3 Å². The highest BCUT2D eigenvalue weighted by Gasteiger charge is 2.44. The summed E-state index contributed by atoms with van der Waals surface area (Å²) in [5.74, 6) is 0.272. The molecule has 2 aromatic heterocycles. The van der Waals surface area contributed by atoms with Crippen LogP contribution >= 0.6 is 0 Å². The topological polar surface area (TPSA) is 146 Å². The van der Waals surface area contributed by atoms with Crippen molar-refractivity contribution >= 4 is 17.1 Å². The van der Waals surface area contributed by atoms with E-state index in [4.69, 9.17) is 9.84 Å². The van der Waals surface area contributed by atoms with Crippen molar-refractivity contribution < 1.29 is 20.1 Å². The maximum Gasteiger partial charge on any atom is 0.280 e. The van der Waals surface area contributed by atoms with Crippen molar-refractivity contribution in [2.45, 2.75) is 31.5 Å². The van der Waals surface area contributed by atoms with E-state index in [-0.39, 0.29) is 17.1 Å². The first-order valence-corrected chi connectivity index (χ1v) is 6.90. The van der Waals surface area contributed by atoms with Gasteiger partial charge in [0.15, 0.2) is 17.4 Å². The summed E-state index contributed by atoms with van der Waals surface area (Å²) < 4.78 is 6.80. The third kappa shape index (κ3) is 2.25.